The van der Waals surface area contributed by atoms with Crippen LogP contribution in [0.3, 0.4) is 0 Å². The highest BCUT2D eigenvalue weighted by molar-refractivity contribution is 5.70. The monoisotopic (exact) mass is 467 g/mol. The van der Waals surface area contributed by atoms with Crippen LogP contribution in [0.15, 0.2) is 55.6 Å². The Kier molecular flexibility index (Phi) is 5.11. The molecule has 5 rings (SSSR count). The van der Waals surface area contributed by atoms with Crippen molar-refractivity contribution in [2.24, 2.45) is 5.92 Å². The molecule has 34 heavy (non-hydrogen) atoms. The van der Waals surface area contributed by atoms with Crippen molar-refractivity contribution in [1.29, 1.82) is 0 Å². The molecule has 2 bridgehead atoms. The van der Waals surface area contributed by atoms with Crippen LogP contribution in [0.25, 0.3) is 22.5 Å². The largest absolute Gasteiger partial charge is 0.507 e. The zero-order valence-corrected chi connectivity index (χ0v) is 19.3. The maximum atomic E-state index is 14.9. The molecule has 0 radical (unpaired) electrons. The van der Waals surface area contributed by atoms with Crippen LogP contribution >= 0.6 is 0 Å². The molecule has 1 aromatic carbocycles. The van der Waals surface area contributed by atoms with Gasteiger partial charge in [-0.3, -0.25) is 5.32 Å². The van der Waals surface area contributed by atoms with Crippen LogP contribution in [-0.4, -0.2) is 55.1 Å². The standard InChI is InChI=1S/C25H27F2N5O2/c1-15(18-12-24(3)25(26,27)13-23(2,31-24)22(18)34-4)19-7-8-20(30-29-19)17-6-5-16(11-21(17)33)32-10-9-28-14-32/h5-11,14,18,22,31,33H,1,12-13H2,2-4H3/t18-,22-,23-,24-/m1/s1. The van der Waals surface area contributed by atoms with Gasteiger partial charge in [0.15, 0.2) is 0 Å². The molecule has 4 heterocycles. The van der Waals surface area contributed by atoms with E-state index in [1.165, 1.54) is 0 Å². The number of rotatable bonds is 5. The number of nitrogens with one attached hydrogen (secondary N) is 1. The van der Waals surface area contributed by atoms with Gasteiger partial charge >= 0.3 is 0 Å². The molecule has 2 aromatic heterocycles. The zero-order chi connectivity index (χ0) is 24.3. The summed E-state index contributed by atoms with van der Waals surface area (Å²) in [5, 5.41) is 22.3. The second-order valence-electron chi connectivity index (χ2n) is 9.72. The van der Waals surface area contributed by atoms with Gasteiger partial charge in [-0.1, -0.05) is 6.58 Å². The summed E-state index contributed by atoms with van der Waals surface area (Å²) in [6.07, 6.45) is 4.48. The fraction of sp³-hybridized carbons (Fsp3) is 0.400. The first kappa shape index (κ1) is 22.6. The Morgan fingerprint density at radius 3 is 2.65 bits per heavy atom. The van der Waals surface area contributed by atoms with Crippen molar-refractivity contribution in [3.63, 3.8) is 0 Å². The summed E-state index contributed by atoms with van der Waals surface area (Å²) >= 11 is 0. The minimum absolute atomic E-state index is 0.0598. The third kappa shape index (κ3) is 3.42. The highest BCUT2D eigenvalue weighted by Crippen LogP contribution is 2.55. The molecule has 2 saturated heterocycles. The normalized spacial score (nSPS) is 29.8. The fourth-order valence-corrected chi connectivity index (χ4v) is 5.66. The topological polar surface area (TPSA) is 85.1 Å². The van der Waals surface area contributed by atoms with Crippen LogP contribution in [0.5, 0.6) is 5.75 Å². The predicted molar refractivity (Wildman–Crippen MR) is 124 cm³/mol. The van der Waals surface area contributed by atoms with Crippen molar-refractivity contribution in [3.8, 4) is 22.7 Å². The molecule has 2 aliphatic rings. The maximum absolute atomic E-state index is 14.9. The van der Waals surface area contributed by atoms with Gasteiger partial charge in [-0.25, -0.2) is 13.8 Å². The van der Waals surface area contributed by atoms with Crippen LogP contribution < -0.4 is 5.32 Å². The van der Waals surface area contributed by atoms with E-state index < -0.39 is 23.1 Å². The number of ether oxygens (including phenoxy) is 1. The van der Waals surface area contributed by atoms with E-state index in [4.69, 9.17) is 4.74 Å². The van der Waals surface area contributed by atoms with Gasteiger partial charge in [0.05, 0.1) is 35.0 Å². The number of hydrogen-bond acceptors (Lipinski definition) is 6. The lowest BCUT2D eigenvalue weighted by Crippen LogP contribution is -2.64. The van der Waals surface area contributed by atoms with Gasteiger partial charge in [0.2, 0.25) is 0 Å². The number of halogens is 2. The third-order valence-corrected chi connectivity index (χ3v) is 7.33. The molecule has 0 unspecified atom stereocenters. The Morgan fingerprint density at radius 2 is 2.03 bits per heavy atom. The minimum Gasteiger partial charge on any atom is -0.507 e. The summed E-state index contributed by atoms with van der Waals surface area (Å²) in [5.41, 5.74) is 0.689. The third-order valence-electron chi connectivity index (χ3n) is 7.33. The second-order valence-corrected chi connectivity index (χ2v) is 9.72. The molecule has 4 atom stereocenters. The smallest absolute Gasteiger partial charge is 0.267 e. The molecule has 2 fully saturated rings. The summed E-state index contributed by atoms with van der Waals surface area (Å²) in [7, 11) is 1.54. The van der Waals surface area contributed by atoms with Gasteiger partial charge in [-0.05, 0) is 50.1 Å². The number of fused-ring (bicyclic) bond motifs is 2. The average molecular weight is 468 g/mol. The van der Waals surface area contributed by atoms with Crippen molar-refractivity contribution < 1.29 is 18.6 Å². The van der Waals surface area contributed by atoms with E-state index in [1.807, 2.05) is 6.07 Å². The molecule has 3 aromatic rings. The summed E-state index contributed by atoms with van der Waals surface area (Å²) < 4.78 is 37.2. The number of aromatic nitrogens is 4. The summed E-state index contributed by atoms with van der Waals surface area (Å²) in [4.78, 5) is 4.01. The molecule has 9 heteroatoms. The van der Waals surface area contributed by atoms with Gasteiger partial charge in [0.25, 0.3) is 5.92 Å². The van der Waals surface area contributed by atoms with E-state index in [0.717, 1.165) is 5.69 Å². The van der Waals surface area contributed by atoms with Crippen molar-refractivity contribution in [1.82, 2.24) is 25.1 Å². The quantitative estimate of drug-likeness (QED) is 0.584. The number of hydrogen-bond donors (Lipinski definition) is 2. The number of methoxy groups -OCH3 is 1. The Labute approximate surface area is 196 Å². The van der Waals surface area contributed by atoms with Crippen LogP contribution in [-0.2, 0) is 4.74 Å². The fourth-order valence-electron chi connectivity index (χ4n) is 5.66. The highest BCUT2D eigenvalue weighted by atomic mass is 19.3. The van der Waals surface area contributed by atoms with Crippen LogP contribution in [0, 0.1) is 5.92 Å². The molecular formula is C25H27F2N5O2. The molecule has 2 aliphatic heterocycles. The van der Waals surface area contributed by atoms with Crippen molar-refractivity contribution >= 4 is 5.57 Å². The molecule has 0 spiro atoms. The number of imidazole rings is 1. The molecule has 178 valence electrons. The van der Waals surface area contributed by atoms with E-state index in [-0.39, 0.29) is 24.5 Å². The zero-order valence-electron chi connectivity index (χ0n) is 19.3. The molecule has 0 amide bonds. The lowest BCUT2D eigenvalue weighted by atomic mass is 9.73. The Bertz CT molecular complexity index is 1230. The lowest BCUT2D eigenvalue weighted by Gasteiger charge is -2.47. The number of alkyl halides is 2. The number of phenolic OH excluding ortho intramolecular Hbond substituents is 1. The maximum Gasteiger partial charge on any atom is 0.267 e. The van der Waals surface area contributed by atoms with Gasteiger partial charge < -0.3 is 14.4 Å². The average Bonchev–Trinajstić information content (AvgIpc) is 3.37. The van der Waals surface area contributed by atoms with Gasteiger partial charge in [-0.15, -0.1) is 5.10 Å². The van der Waals surface area contributed by atoms with Crippen LogP contribution in [0.2, 0.25) is 0 Å². The van der Waals surface area contributed by atoms with Crippen LogP contribution in [0.1, 0.15) is 32.4 Å². The minimum atomic E-state index is -2.86. The van der Waals surface area contributed by atoms with E-state index >= 15 is 0 Å². The second kappa shape index (κ2) is 7.68. The number of benzene rings is 1. The highest BCUT2D eigenvalue weighted by Gasteiger charge is 2.68. The van der Waals surface area contributed by atoms with Gasteiger partial charge in [0, 0.05) is 49.0 Å². The van der Waals surface area contributed by atoms with Gasteiger partial charge in [-0.2, -0.15) is 5.10 Å². The summed E-state index contributed by atoms with van der Waals surface area (Å²) in [5.74, 6) is -3.15. The first-order valence-electron chi connectivity index (χ1n) is 11.1. The van der Waals surface area contributed by atoms with E-state index in [1.54, 1.807) is 68.5 Å². The van der Waals surface area contributed by atoms with E-state index in [0.29, 0.717) is 22.5 Å². The first-order valence-corrected chi connectivity index (χ1v) is 11.1. The Morgan fingerprint density at radius 1 is 1.24 bits per heavy atom. The van der Waals surface area contributed by atoms with E-state index in [9.17, 15) is 13.9 Å². The Balaban J connectivity index is 1.41. The van der Waals surface area contributed by atoms with Crippen LogP contribution in [0.4, 0.5) is 8.78 Å². The molecular weight excluding hydrogens is 440 g/mol. The number of aromatic hydroxyl groups is 1. The molecule has 7 nitrogen and oxygen atoms in total. The van der Waals surface area contributed by atoms with Crippen molar-refractivity contribution in [2.75, 3.05) is 7.11 Å². The Hall–Kier alpha value is -3.17. The molecule has 0 saturated carbocycles. The lowest BCUT2D eigenvalue weighted by molar-refractivity contribution is -0.0653. The van der Waals surface area contributed by atoms with Gasteiger partial charge in [0.1, 0.15) is 5.75 Å². The van der Waals surface area contributed by atoms with E-state index in [2.05, 4.69) is 27.1 Å². The van der Waals surface area contributed by atoms with Crippen molar-refractivity contribution in [3.05, 3.63) is 61.3 Å². The summed E-state index contributed by atoms with van der Waals surface area (Å²) in [6.45, 7) is 7.55. The predicted octanol–water partition coefficient (Wildman–Crippen LogP) is 4.23. The molecule has 2 N–H and O–H groups in total. The number of phenols is 1. The van der Waals surface area contributed by atoms with Crippen molar-refractivity contribution in [2.45, 2.75) is 49.8 Å². The SMILES string of the molecule is C=C(c1ccc(-c2ccc(-n3ccnc3)cc2O)nn1)[C@H]1C[C@@]2(C)N[C@](C)(CC2(F)F)[C@@H]1OC. The number of piperidine rings is 1. The number of nitrogens with zero attached hydrogens (tertiary/aromatic N) is 4. The first-order chi connectivity index (χ1) is 16.1. The summed E-state index contributed by atoms with van der Waals surface area (Å²) in [6, 6.07) is 8.74. The molecule has 0 aliphatic carbocycles.